The average Bonchev–Trinajstić information content (AvgIpc) is 3.00. The molecule has 1 N–H and O–H groups in total. The SMILES string of the molecule is CCn1c2ccccc2c2cc(NC(=O)c3cnc(SC)nc3Cl)ccc21. The molecule has 4 aromatic rings. The second kappa shape index (κ2) is 7.21. The number of halogens is 1. The van der Waals surface area contributed by atoms with E-state index in [-0.39, 0.29) is 16.6 Å². The minimum absolute atomic E-state index is 0.149. The zero-order chi connectivity index (χ0) is 19.0. The van der Waals surface area contributed by atoms with Crippen molar-refractivity contribution < 1.29 is 4.79 Å². The fraction of sp³-hybridized carbons (Fsp3) is 0.150. The van der Waals surface area contributed by atoms with Crippen molar-refractivity contribution in [1.82, 2.24) is 14.5 Å². The van der Waals surface area contributed by atoms with E-state index in [0.29, 0.717) is 10.8 Å². The van der Waals surface area contributed by atoms with Crippen LogP contribution in [-0.2, 0) is 6.54 Å². The molecule has 2 heterocycles. The molecule has 2 aromatic carbocycles. The van der Waals surface area contributed by atoms with Crippen LogP contribution in [0.4, 0.5) is 5.69 Å². The summed E-state index contributed by atoms with van der Waals surface area (Å²) in [5.41, 5.74) is 3.28. The van der Waals surface area contributed by atoms with Crippen LogP contribution < -0.4 is 5.32 Å². The maximum atomic E-state index is 12.6. The van der Waals surface area contributed by atoms with E-state index in [1.807, 2.05) is 36.6 Å². The average molecular weight is 397 g/mol. The van der Waals surface area contributed by atoms with Crippen LogP contribution in [0.1, 0.15) is 17.3 Å². The summed E-state index contributed by atoms with van der Waals surface area (Å²) >= 11 is 7.51. The fourth-order valence-corrected chi connectivity index (χ4v) is 3.87. The number of fused-ring (bicyclic) bond motifs is 3. The van der Waals surface area contributed by atoms with E-state index in [0.717, 1.165) is 22.8 Å². The third-order valence-corrected chi connectivity index (χ3v) is 5.34. The highest BCUT2D eigenvalue weighted by Gasteiger charge is 2.15. The summed E-state index contributed by atoms with van der Waals surface area (Å²) in [4.78, 5) is 20.8. The third kappa shape index (κ3) is 3.15. The lowest BCUT2D eigenvalue weighted by Crippen LogP contribution is -2.13. The summed E-state index contributed by atoms with van der Waals surface area (Å²) in [5, 5.41) is 5.85. The molecule has 0 aliphatic heterocycles. The molecule has 0 aliphatic carbocycles. The molecule has 136 valence electrons. The number of aromatic nitrogens is 3. The summed E-state index contributed by atoms with van der Waals surface area (Å²) in [6.45, 7) is 3.01. The standard InChI is InChI=1S/C20H17ClN4OS/c1-3-25-16-7-5-4-6-13(16)14-10-12(8-9-17(14)25)23-19(26)15-11-22-20(27-2)24-18(15)21/h4-11H,3H2,1-2H3,(H,23,26). The monoisotopic (exact) mass is 396 g/mol. The van der Waals surface area contributed by atoms with E-state index in [1.54, 1.807) is 0 Å². The number of nitrogens with one attached hydrogen (secondary N) is 1. The lowest BCUT2D eigenvalue weighted by atomic mass is 10.1. The van der Waals surface area contributed by atoms with E-state index in [1.165, 1.54) is 23.5 Å². The highest BCUT2D eigenvalue weighted by Crippen LogP contribution is 2.31. The van der Waals surface area contributed by atoms with Gasteiger partial charge in [-0.1, -0.05) is 41.6 Å². The number of hydrogen-bond donors (Lipinski definition) is 1. The van der Waals surface area contributed by atoms with Gasteiger partial charge in [-0.25, -0.2) is 9.97 Å². The summed E-state index contributed by atoms with van der Waals surface area (Å²) in [6.07, 6.45) is 3.31. The van der Waals surface area contributed by atoms with E-state index in [2.05, 4.69) is 38.9 Å². The molecule has 7 heteroatoms. The number of amides is 1. The molecule has 0 aliphatic rings. The Hall–Kier alpha value is -2.57. The minimum atomic E-state index is -0.328. The molecular weight excluding hydrogens is 380 g/mol. The van der Waals surface area contributed by atoms with Gasteiger partial charge in [0.2, 0.25) is 0 Å². The number of carbonyl (C=O) groups is 1. The summed E-state index contributed by atoms with van der Waals surface area (Å²) in [7, 11) is 0. The van der Waals surface area contributed by atoms with Gasteiger partial charge in [-0.15, -0.1) is 0 Å². The molecule has 2 aromatic heterocycles. The Kier molecular flexibility index (Phi) is 4.76. The number of aryl methyl sites for hydroxylation is 1. The van der Waals surface area contributed by atoms with Crippen LogP contribution in [-0.4, -0.2) is 26.7 Å². The van der Waals surface area contributed by atoms with Gasteiger partial charge in [0.15, 0.2) is 5.16 Å². The Morgan fingerprint density at radius 2 is 1.96 bits per heavy atom. The van der Waals surface area contributed by atoms with E-state index in [9.17, 15) is 4.79 Å². The first-order valence-electron chi connectivity index (χ1n) is 8.51. The molecule has 0 radical (unpaired) electrons. The molecule has 0 atom stereocenters. The summed E-state index contributed by atoms with van der Waals surface area (Å²) in [6, 6.07) is 14.2. The number of carbonyl (C=O) groups excluding carboxylic acids is 1. The van der Waals surface area contributed by atoms with E-state index in [4.69, 9.17) is 11.6 Å². The fourth-order valence-electron chi connectivity index (χ4n) is 3.27. The predicted octanol–water partition coefficient (Wildman–Crippen LogP) is 5.23. The van der Waals surface area contributed by atoms with Gasteiger partial charge in [-0.2, -0.15) is 0 Å². The number of nitrogens with zero attached hydrogens (tertiary/aromatic N) is 3. The quantitative estimate of drug-likeness (QED) is 0.291. The largest absolute Gasteiger partial charge is 0.341 e. The Morgan fingerprint density at radius 3 is 2.70 bits per heavy atom. The molecule has 0 fully saturated rings. The molecule has 0 saturated heterocycles. The lowest BCUT2D eigenvalue weighted by Gasteiger charge is -2.08. The number of para-hydroxylation sites is 1. The first-order chi connectivity index (χ1) is 13.1. The van der Waals surface area contributed by atoms with Gasteiger partial charge in [0.1, 0.15) is 5.15 Å². The van der Waals surface area contributed by atoms with E-state index >= 15 is 0 Å². The summed E-state index contributed by atoms with van der Waals surface area (Å²) in [5.74, 6) is -0.328. The van der Waals surface area contributed by atoms with Gasteiger partial charge in [-0.3, -0.25) is 4.79 Å². The molecule has 0 unspecified atom stereocenters. The molecular formula is C20H17ClN4OS. The number of benzene rings is 2. The first-order valence-corrected chi connectivity index (χ1v) is 10.1. The highest BCUT2D eigenvalue weighted by atomic mass is 35.5. The van der Waals surface area contributed by atoms with Crippen molar-refractivity contribution in [3.63, 3.8) is 0 Å². The second-order valence-corrected chi connectivity index (χ2v) is 7.14. The maximum Gasteiger partial charge on any atom is 0.260 e. The van der Waals surface area contributed by atoms with Crippen molar-refractivity contribution in [3.8, 4) is 0 Å². The Morgan fingerprint density at radius 1 is 1.19 bits per heavy atom. The molecule has 0 bridgehead atoms. The van der Waals surface area contributed by atoms with E-state index < -0.39 is 0 Å². The second-order valence-electron chi connectivity index (χ2n) is 6.01. The van der Waals surface area contributed by atoms with Crippen LogP contribution in [0.15, 0.2) is 53.8 Å². The highest BCUT2D eigenvalue weighted by molar-refractivity contribution is 7.98. The molecule has 0 spiro atoms. The van der Waals surface area contributed by atoms with Crippen molar-refractivity contribution in [2.24, 2.45) is 0 Å². The van der Waals surface area contributed by atoms with Gasteiger partial charge >= 0.3 is 0 Å². The van der Waals surface area contributed by atoms with Crippen LogP contribution in [0.2, 0.25) is 5.15 Å². The van der Waals surface area contributed by atoms with Gasteiger partial charge in [0.25, 0.3) is 5.91 Å². The smallest absolute Gasteiger partial charge is 0.260 e. The Labute approximate surface area is 165 Å². The lowest BCUT2D eigenvalue weighted by molar-refractivity contribution is 0.102. The Bertz CT molecular complexity index is 1170. The number of hydrogen-bond acceptors (Lipinski definition) is 4. The molecule has 27 heavy (non-hydrogen) atoms. The number of thioether (sulfide) groups is 1. The number of rotatable bonds is 4. The van der Waals surface area contributed by atoms with Crippen molar-refractivity contribution >= 4 is 56.8 Å². The number of anilines is 1. The normalized spacial score (nSPS) is 11.2. The van der Waals surface area contributed by atoms with Crippen molar-refractivity contribution in [3.05, 3.63) is 59.4 Å². The van der Waals surface area contributed by atoms with Crippen LogP contribution >= 0.6 is 23.4 Å². The first kappa shape index (κ1) is 17.8. The van der Waals surface area contributed by atoms with Crippen molar-refractivity contribution in [1.29, 1.82) is 0 Å². The van der Waals surface area contributed by atoms with Crippen LogP contribution in [0, 0.1) is 0 Å². The zero-order valence-corrected chi connectivity index (χ0v) is 16.4. The predicted molar refractivity (Wildman–Crippen MR) is 112 cm³/mol. The third-order valence-electron chi connectivity index (χ3n) is 4.49. The van der Waals surface area contributed by atoms with Gasteiger partial charge in [0, 0.05) is 40.2 Å². The van der Waals surface area contributed by atoms with Crippen LogP contribution in [0.3, 0.4) is 0 Å². The maximum absolute atomic E-state index is 12.6. The van der Waals surface area contributed by atoms with Crippen molar-refractivity contribution in [2.45, 2.75) is 18.6 Å². The minimum Gasteiger partial charge on any atom is -0.341 e. The molecule has 0 saturated carbocycles. The molecule has 1 amide bonds. The van der Waals surface area contributed by atoms with Crippen LogP contribution in [0.25, 0.3) is 21.8 Å². The topological polar surface area (TPSA) is 59.8 Å². The molecule has 5 nitrogen and oxygen atoms in total. The van der Waals surface area contributed by atoms with Gasteiger partial charge in [0.05, 0.1) is 5.56 Å². The Balaban J connectivity index is 1.72. The zero-order valence-electron chi connectivity index (χ0n) is 14.9. The van der Waals surface area contributed by atoms with Crippen molar-refractivity contribution in [2.75, 3.05) is 11.6 Å². The molecule has 4 rings (SSSR count). The summed E-state index contributed by atoms with van der Waals surface area (Å²) < 4.78 is 2.27. The van der Waals surface area contributed by atoms with Gasteiger partial charge < -0.3 is 9.88 Å². The van der Waals surface area contributed by atoms with Gasteiger partial charge in [-0.05, 0) is 37.4 Å². The van der Waals surface area contributed by atoms with Crippen LogP contribution in [0.5, 0.6) is 0 Å².